The Morgan fingerprint density at radius 3 is 1.21 bits per heavy atom. The van der Waals surface area contributed by atoms with Crippen LogP contribution in [0.1, 0.15) is 309 Å². The van der Waals surface area contributed by atoms with Gasteiger partial charge in [-0.2, -0.15) is 0 Å². The molecular weight excluding hydrogens is 815 g/mol. The minimum Gasteiger partial charge on any atom is -0.466 e. The molecule has 2 unspecified atom stereocenters. The van der Waals surface area contributed by atoms with Crippen molar-refractivity contribution in [2.75, 3.05) is 13.2 Å². The fourth-order valence-corrected chi connectivity index (χ4v) is 8.89. The monoisotopic (exact) mass is 928 g/mol. The van der Waals surface area contributed by atoms with Crippen LogP contribution in [0.15, 0.2) is 36.5 Å². The van der Waals surface area contributed by atoms with Crippen LogP contribution < -0.4 is 5.32 Å². The van der Waals surface area contributed by atoms with Gasteiger partial charge in [-0.05, 0) is 77.0 Å². The summed E-state index contributed by atoms with van der Waals surface area (Å²) in [6, 6.07) is -0.549. The smallest absolute Gasteiger partial charge is 0.305 e. The highest BCUT2D eigenvalue weighted by molar-refractivity contribution is 5.76. The third kappa shape index (κ3) is 51.5. The summed E-state index contributed by atoms with van der Waals surface area (Å²) in [5.41, 5.74) is 0. The maximum absolute atomic E-state index is 12.5. The summed E-state index contributed by atoms with van der Waals surface area (Å²) >= 11 is 0. The molecule has 6 heteroatoms. The van der Waals surface area contributed by atoms with Crippen molar-refractivity contribution in [1.29, 1.82) is 0 Å². The highest BCUT2D eigenvalue weighted by atomic mass is 16.5. The molecule has 3 N–H and O–H groups in total. The van der Waals surface area contributed by atoms with Gasteiger partial charge in [0.2, 0.25) is 5.91 Å². The SMILES string of the molecule is CCCC/C=C\CCCCCCCC(=O)OCCCCCCCCCCC/C=C\C/C=C\CCCCCCCCCC(=O)NC(CO)C(O)CCCCCCCCCCCCCCCCC. The number of rotatable bonds is 54. The van der Waals surface area contributed by atoms with Gasteiger partial charge in [0.15, 0.2) is 0 Å². The number of allylic oxidation sites excluding steroid dienone is 6. The quantitative estimate of drug-likeness (QED) is 0.0321. The standard InChI is InChI=1S/C60H113NO5/c1-3-5-7-9-11-13-15-16-26-29-33-36-40-44-48-52-58(63)57(56-62)61-59(64)53-49-45-41-37-34-30-27-24-22-20-18-17-19-21-23-25-28-31-35-39-43-47-51-55-66-60(65)54-50-46-42-38-32-14-12-10-8-6-4-2/h10,12,17,19-20,22,57-58,62-63H,3-9,11,13-16,18,21,23-56H2,1-2H3,(H,61,64)/b12-10-,19-17-,22-20-. The molecular formula is C60H113NO5. The minimum absolute atomic E-state index is 0.00428. The van der Waals surface area contributed by atoms with Gasteiger partial charge in [-0.15, -0.1) is 0 Å². The number of hydrogen-bond donors (Lipinski definition) is 3. The number of carbonyl (C=O) groups is 2. The lowest BCUT2D eigenvalue weighted by atomic mass is 10.0. The summed E-state index contributed by atoms with van der Waals surface area (Å²) in [6.45, 7) is 4.91. The maximum Gasteiger partial charge on any atom is 0.305 e. The second-order valence-corrected chi connectivity index (χ2v) is 20.0. The molecule has 0 aromatic carbocycles. The molecule has 0 heterocycles. The fraction of sp³-hybridized carbons (Fsp3) is 0.867. The number of esters is 1. The first-order chi connectivity index (χ1) is 32.5. The Kier molecular flexibility index (Phi) is 54.1. The molecule has 0 saturated heterocycles. The summed E-state index contributed by atoms with van der Waals surface area (Å²) in [5, 5.41) is 23.3. The lowest BCUT2D eigenvalue weighted by molar-refractivity contribution is -0.143. The van der Waals surface area contributed by atoms with Crippen LogP contribution in [0.3, 0.4) is 0 Å². The van der Waals surface area contributed by atoms with E-state index in [2.05, 4.69) is 55.6 Å². The Hall–Kier alpha value is -1.92. The van der Waals surface area contributed by atoms with Gasteiger partial charge in [0.1, 0.15) is 0 Å². The van der Waals surface area contributed by atoms with Crippen molar-refractivity contribution >= 4 is 11.9 Å². The van der Waals surface area contributed by atoms with Crippen molar-refractivity contribution in [1.82, 2.24) is 5.32 Å². The first-order valence-corrected chi connectivity index (χ1v) is 29.2. The molecule has 0 aromatic heterocycles. The van der Waals surface area contributed by atoms with Crippen LogP contribution in [0.5, 0.6) is 0 Å². The molecule has 0 radical (unpaired) electrons. The second-order valence-electron chi connectivity index (χ2n) is 20.0. The van der Waals surface area contributed by atoms with Gasteiger partial charge < -0.3 is 20.3 Å². The molecule has 0 aliphatic carbocycles. The summed E-state index contributed by atoms with van der Waals surface area (Å²) in [7, 11) is 0. The summed E-state index contributed by atoms with van der Waals surface area (Å²) in [5.74, 6) is -0.0489. The Morgan fingerprint density at radius 1 is 0.424 bits per heavy atom. The Bertz CT molecular complexity index is 1070. The number of aliphatic hydroxyl groups excluding tert-OH is 2. The largest absolute Gasteiger partial charge is 0.466 e. The van der Waals surface area contributed by atoms with Crippen LogP contribution in [0.2, 0.25) is 0 Å². The Labute approximate surface area is 411 Å². The van der Waals surface area contributed by atoms with E-state index in [4.69, 9.17) is 4.74 Å². The van der Waals surface area contributed by atoms with Crippen LogP contribution in [-0.2, 0) is 14.3 Å². The van der Waals surface area contributed by atoms with E-state index in [1.165, 1.54) is 218 Å². The molecule has 0 aliphatic rings. The first-order valence-electron chi connectivity index (χ1n) is 29.2. The van der Waals surface area contributed by atoms with Gasteiger partial charge in [0.05, 0.1) is 25.4 Å². The van der Waals surface area contributed by atoms with E-state index in [1.807, 2.05) is 0 Å². The fourth-order valence-electron chi connectivity index (χ4n) is 8.89. The predicted octanol–water partition coefficient (Wildman–Crippen LogP) is 18.0. The molecule has 388 valence electrons. The van der Waals surface area contributed by atoms with Crippen LogP contribution >= 0.6 is 0 Å². The van der Waals surface area contributed by atoms with Crippen LogP contribution in [-0.4, -0.2) is 47.4 Å². The van der Waals surface area contributed by atoms with Gasteiger partial charge in [-0.25, -0.2) is 0 Å². The van der Waals surface area contributed by atoms with Gasteiger partial charge in [-0.1, -0.05) is 256 Å². The molecule has 0 fully saturated rings. The van der Waals surface area contributed by atoms with Crippen molar-refractivity contribution in [3.05, 3.63) is 36.5 Å². The molecule has 6 nitrogen and oxygen atoms in total. The second kappa shape index (κ2) is 55.7. The summed E-state index contributed by atoms with van der Waals surface area (Å²) in [4.78, 5) is 24.4. The molecule has 1 amide bonds. The number of ether oxygens (including phenoxy) is 1. The highest BCUT2D eigenvalue weighted by Gasteiger charge is 2.20. The Balaban J connectivity index is 3.46. The van der Waals surface area contributed by atoms with Crippen molar-refractivity contribution in [2.45, 2.75) is 321 Å². The van der Waals surface area contributed by atoms with E-state index in [0.717, 1.165) is 57.8 Å². The molecule has 0 spiro atoms. The number of hydrogen-bond acceptors (Lipinski definition) is 5. The van der Waals surface area contributed by atoms with Crippen molar-refractivity contribution in [3.63, 3.8) is 0 Å². The minimum atomic E-state index is -0.671. The van der Waals surface area contributed by atoms with Crippen molar-refractivity contribution in [3.8, 4) is 0 Å². The zero-order chi connectivity index (χ0) is 47.9. The van der Waals surface area contributed by atoms with E-state index < -0.39 is 12.1 Å². The van der Waals surface area contributed by atoms with Crippen molar-refractivity contribution in [2.24, 2.45) is 0 Å². The third-order valence-corrected chi connectivity index (χ3v) is 13.4. The van der Waals surface area contributed by atoms with E-state index >= 15 is 0 Å². The topological polar surface area (TPSA) is 95.9 Å². The molecule has 2 atom stereocenters. The summed E-state index contributed by atoms with van der Waals surface area (Å²) < 4.78 is 5.45. The van der Waals surface area contributed by atoms with E-state index in [0.29, 0.717) is 25.9 Å². The van der Waals surface area contributed by atoms with E-state index in [-0.39, 0.29) is 18.5 Å². The molecule has 0 aliphatic heterocycles. The van der Waals surface area contributed by atoms with E-state index in [1.54, 1.807) is 0 Å². The first kappa shape index (κ1) is 64.1. The van der Waals surface area contributed by atoms with Crippen LogP contribution in [0.4, 0.5) is 0 Å². The zero-order valence-corrected chi connectivity index (χ0v) is 44.2. The average molecular weight is 929 g/mol. The lowest BCUT2D eigenvalue weighted by Gasteiger charge is -2.22. The Morgan fingerprint density at radius 2 is 0.773 bits per heavy atom. The average Bonchev–Trinajstić information content (AvgIpc) is 3.32. The van der Waals surface area contributed by atoms with Crippen LogP contribution in [0.25, 0.3) is 0 Å². The lowest BCUT2D eigenvalue weighted by Crippen LogP contribution is -2.45. The van der Waals surface area contributed by atoms with Gasteiger partial charge >= 0.3 is 5.97 Å². The third-order valence-electron chi connectivity index (χ3n) is 13.4. The van der Waals surface area contributed by atoms with E-state index in [9.17, 15) is 19.8 Å². The van der Waals surface area contributed by atoms with Gasteiger partial charge in [-0.3, -0.25) is 9.59 Å². The van der Waals surface area contributed by atoms with Crippen LogP contribution in [0, 0.1) is 0 Å². The molecule has 0 bridgehead atoms. The number of nitrogens with one attached hydrogen (secondary N) is 1. The van der Waals surface area contributed by atoms with Crippen molar-refractivity contribution < 1.29 is 24.5 Å². The number of unbranched alkanes of at least 4 members (excludes halogenated alkanes) is 37. The maximum atomic E-state index is 12.5. The van der Waals surface area contributed by atoms with Gasteiger partial charge in [0.25, 0.3) is 0 Å². The molecule has 66 heavy (non-hydrogen) atoms. The number of amides is 1. The molecule has 0 aromatic rings. The number of aliphatic hydroxyl groups is 2. The summed E-state index contributed by atoms with van der Waals surface area (Å²) in [6.07, 6.45) is 68.5. The molecule has 0 rings (SSSR count). The molecule has 0 saturated carbocycles. The zero-order valence-electron chi connectivity index (χ0n) is 44.2. The predicted molar refractivity (Wildman–Crippen MR) is 287 cm³/mol. The highest BCUT2D eigenvalue weighted by Crippen LogP contribution is 2.17. The normalized spacial score (nSPS) is 12.8. The number of carbonyl (C=O) groups excluding carboxylic acids is 2. The van der Waals surface area contributed by atoms with Gasteiger partial charge in [0, 0.05) is 12.8 Å².